The number of amides is 1. The summed E-state index contributed by atoms with van der Waals surface area (Å²) in [4.78, 5) is 20.9. The highest BCUT2D eigenvalue weighted by atomic mass is 16.2. The van der Waals surface area contributed by atoms with E-state index in [1.807, 2.05) is 0 Å². The average molecular weight is 224 g/mol. The molecule has 4 N–H and O–H groups in total. The van der Waals surface area contributed by atoms with Crippen molar-refractivity contribution in [2.75, 3.05) is 24.8 Å². The molecule has 1 rings (SSSR count). The maximum absolute atomic E-state index is 11.6. The first kappa shape index (κ1) is 12.2. The van der Waals surface area contributed by atoms with Gasteiger partial charge < -0.3 is 15.6 Å². The van der Waals surface area contributed by atoms with Crippen LogP contribution in [0, 0.1) is 0 Å². The number of carbonyl (C=O) groups excluding carboxylic acids is 1. The van der Waals surface area contributed by atoms with E-state index in [2.05, 4.69) is 20.7 Å². The van der Waals surface area contributed by atoms with Gasteiger partial charge in [0.05, 0.1) is 0 Å². The van der Waals surface area contributed by atoms with Gasteiger partial charge in [-0.05, 0) is 6.92 Å². The van der Waals surface area contributed by atoms with Crippen LogP contribution in [0.3, 0.4) is 0 Å². The Hall–Kier alpha value is -1.89. The van der Waals surface area contributed by atoms with E-state index in [4.69, 9.17) is 5.84 Å². The second kappa shape index (κ2) is 5.26. The number of rotatable bonds is 4. The van der Waals surface area contributed by atoms with Crippen molar-refractivity contribution in [3.63, 3.8) is 0 Å². The molecule has 88 valence electrons. The molecule has 0 saturated carbocycles. The van der Waals surface area contributed by atoms with Crippen LogP contribution in [-0.4, -0.2) is 40.9 Å². The van der Waals surface area contributed by atoms with Crippen molar-refractivity contribution in [3.8, 4) is 0 Å². The Morgan fingerprint density at radius 3 is 2.62 bits per heavy atom. The van der Waals surface area contributed by atoms with Gasteiger partial charge >= 0.3 is 0 Å². The lowest BCUT2D eigenvalue weighted by Crippen LogP contribution is -2.36. The number of nitrogens with zero attached hydrogens (tertiary/aromatic N) is 3. The molecule has 0 aliphatic carbocycles. The topological polar surface area (TPSA) is 96.2 Å². The number of likely N-dealkylation sites (N-methyl/N-ethyl adjacent to an activating group) is 1. The fraction of sp³-hybridized carbons (Fsp3) is 0.444. The third-order valence-electron chi connectivity index (χ3n) is 1.99. The Labute approximate surface area is 94.0 Å². The molecule has 1 unspecified atom stereocenters. The van der Waals surface area contributed by atoms with Crippen molar-refractivity contribution in [2.24, 2.45) is 5.84 Å². The lowest BCUT2D eigenvalue weighted by atomic mass is 10.3. The number of carbonyl (C=O) groups is 1. The van der Waals surface area contributed by atoms with Crippen LogP contribution in [0.15, 0.2) is 12.4 Å². The number of nitrogens with two attached hydrogens (primary N) is 1. The molecule has 1 aromatic heterocycles. The predicted molar refractivity (Wildman–Crippen MR) is 61.6 cm³/mol. The minimum Gasteiger partial charge on any atom is -0.358 e. The highest BCUT2D eigenvalue weighted by Crippen LogP contribution is 2.08. The number of aromatic nitrogens is 2. The van der Waals surface area contributed by atoms with Crippen molar-refractivity contribution >= 4 is 17.5 Å². The summed E-state index contributed by atoms with van der Waals surface area (Å²) in [6, 6.07) is 1.27. The molecule has 0 saturated heterocycles. The minimum atomic E-state index is -0.351. The van der Waals surface area contributed by atoms with Gasteiger partial charge in [-0.1, -0.05) is 0 Å². The van der Waals surface area contributed by atoms with Gasteiger partial charge in [0.25, 0.3) is 0 Å². The van der Waals surface area contributed by atoms with Crippen LogP contribution in [0.4, 0.5) is 11.6 Å². The molecule has 0 fully saturated rings. The second-order valence-corrected chi connectivity index (χ2v) is 3.53. The van der Waals surface area contributed by atoms with Crippen LogP contribution in [0.1, 0.15) is 6.92 Å². The van der Waals surface area contributed by atoms with Gasteiger partial charge in [-0.25, -0.2) is 15.8 Å². The highest BCUT2D eigenvalue weighted by Gasteiger charge is 2.14. The molecule has 16 heavy (non-hydrogen) atoms. The quantitative estimate of drug-likeness (QED) is 0.478. The third kappa shape index (κ3) is 3.06. The van der Waals surface area contributed by atoms with Crippen molar-refractivity contribution < 1.29 is 4.79 Å². The molecule has 1 aromatic rings. The summed E-state index contributed by atoms with van der Waals surface area (Å²) in [5, 5.41) is 2.96. The van der Waals surface area contributed by atoms with Gasteiger partial charge in [0.1, 0.15) is 24.0 Å². The molecule has 1 amide bonds. The summed E-state index contributed by atoms with van der Waals surface area (Å²) in [5.74, 6) is 6.22. The molecule has 7 nitrogen and oxygen atoms in total. The van der Waals surface area contributed by atoms with Gasteiger partial charge in [-0.15, -0.1) is 0 Å². The van der Waals surface area contributed by atoms with Crippen molar-refractivity contribution in [3.05, 3.63) is 12.4 Å². The van der Waals surface area contributed by atoms with E-state index in [1.54, 1.807) is 27.1 Å². The summed E-state index contributed by atoms with van der Waals surface area (Å²) in [6.45, 7) is 1.76. The van der Waals surface area contributed by atoms with E-state index in [1.165, 1.54) is 11.2 Å². The largest absolute Gasteiger partial charge is 0.358 e. The number of nitrogen functional groups attached to an aromatic ring is 1. The lowest BCUT2D eigenvalue weighted by Gasteiger charge is -2.18. The van der Waals surface area contributed by atoms with Crippen molar-refractivity contribution in [1.82, 2.24) is 14.9 Å². The zero-order valence-electron chi connectivity index (χ0n) is 9.56. The van der Waals surface area contributed by atoms with Gasteiger partial charge in [0.2, 0.25) is 5.91 Å². The van der Waals surface area contributed by atoms with E-state index >= 15 is 0 Å². The lowest BCUT2D eigenvalue weighted by molar-refractivity contribution is -0.129. The first-order valence-electron chi connectivity index (χ1n) is 4.81. The Morgan fingerprint density at radius 1 is 1.44 bits per heavy atom. The van der Waals surface area contributed by atoms with E-state index in [9.17, 15) is 4.79 Å². The van der Waals surface area contributed by atoms with E-state index in [-0.39, 0.29) is 11.9 Å². The molecule has 0 bridgehead atoms. The van der Waals surface area contributed by atoms with Gasteiger partial charge in [0.15, 0.2) is 0 Å². The molecule has 0 aliphatic rings. The SMILES string of the molecule is CC(Nc1cc(NN)ncn1)C(=O)N(C)C. The van der Waals surface area contributed by atoms with Gasteiger partial charge in [-0.2, -0.15) is 0 Å². The highest BCUT2D eigenvalue weighted by molar-refractivity contribution is 5.83. The molecule has 0 radical (unpaired) electrons. The monoisotopic (exact) mass is 224 g/mol. The molecular formula is C9H16N6O. The molecule has 0 spiro atoms. The maximum atomic E-state index is 11.6. The standard InChI is InChI=1S/C9H16N6O/c1-6(9(16)15(2)3)13-7-4-8(14-10)12-5-11-7/h4-6H,10H2,1-3H3,(H2,11,12,13,14). The number of hydrogen-bond donors (Lipinski definition) is 3. The number of nitrogens with one attached hydrogen (secondary N) is 2. The normalized spacial score (nSPS) is 11.8. The smallest absolute Gasteiger partial charge is 0.244 e. The van der Waals surface area contributed by atoms with Crippen molar-refractivity contribution in [2.45, 2.75) is 13.0 Å². The first-order chi connectivity index (χ1) is 7.54. The fourth-order valence-corrected chi connectivity index (χ4v) is 1.19. The molecule has 1 atom stereocenters. The number of hydrogen-bond acceptors (Lipinski definition) is 6. The first-order valence-corrected chi connectivity index (χ1v) is 4.81. The summed E-state index contributed by atoms with van der Waals surface area (Å²) < 4.78 is 0. The maximum Gasteiger partial charge on any atom is 0.244 e. The van der Waals surface area contributed by atoms with Crippen molar-refractivity contribution in [1.29, 1.82) is 0 Å². The Kier molecular flexibility index (Phi) is 4.01. The zero-order chi connectivity index (χ0) is 12.1. The second-order valence-electron chi connectivity index (χ2n) is 3.53. The Bertz CT molecular complexity index is 367. The van der Waals surface area contributed by atoms with Crippen LogP contribution in [0.5, 0.6) is 0 Å². The van der Waals surface area contributed by atoms with Crippen LogP contribution in [-0.2, 0) is 4.79 Å². The van der Waals surface area contributed by atoms with E-state index < -0.39 is 0 Å². The van der Waals surface area contributed by atoms with Crippen LogP contribution in [0.25, 0.3) is 0 Å². The number of anilines is 2. The van der Waals surface area contributed by atoms with Gasteiger partial charge in [0, 0.05) is 20.2 Å². The number of hydrazine groups is 1. The summed E-state index contributed by atoms with van der Waals surface area (Å²) in [6.07, 6.45) is 1.37. The molecule has 7 heteroatoms. The molecule has 0 aromatic carbocycles. The Balaban J connectivity index is 2.69. The molecule has 0 aliphatic heterocycles. The predicted octanol–water partition coefficient (Wildman–Crippen LogP) is -0.349. The van der Waals surface area contributed by atoms with Crippen LogP contribution >= 0.6 is 0 Å². The van der Waals surface area contributed by atoms with Gasteiger partial charge in [-0.3, -0.25) is 4.79 Å². The fourth-order valence-electron chi connectivity index (χ4n) is 1.19. The van der Waals surface area contributed by atoms with Crippen LogP contribution < -0.4 is 16.6 Å². The zero-order valence-corrected chi connectivity index (χ0v) is 9.56. The average Bonchev–Trinajstić information content (AvgIpc) is 2.28. The summed E-state index contributed by atoms with van der Waals surface area (Å²) in [7, 11) is 3.40. The Morgan fingerprint density at radius 2 is 2.06 bits per heavy atom. The minimum absolute atomic E-state index is 0.0270. The summed E-state index contributed by atoms with van der Waals surface area (Å²) >= 11 is 0. The molecular weight excluding hydrogens is 208 g/mol. The summed E-state index contributed by atoms with van der Waals surface area (Å²) in [5.41, 5.74) is 2.41. The third-order valence-corrected chi connectivity index (χ3v) is 1.99. The van der Waals surface area contributed by atoms with E-state index in [0.29, 0.717) is 11.6 Å². The van der Waals surface area contributed by atoms with Crippen LogP contribution in [0.2, 0.25) is 0 Å². The molecule has 1 heterocycles. The van der Waals surface area contributed by atoms with E-state index in [0.717, 1.165) is 0 Å².